The Morgan fingerprint density at radius 2 is 1.61 bits per heavy atom. The molecule has 2 fully saturated rings. The summed E-state index contributed by atoms with van der Waals surface area (Å²) < 4.78 is 18.6. The van der Waals surface area contributed by atoms with Gasteiger partial charge >= 0.3 is 0 Å². The summed E-state index contributed by atoms with van der Waals surface area (Å²) in [5, 5.41) is 0. The standard InChI is InChI=1S/C22H26N6O2S/c29-31-15-8-17-19(31)20(26-9-4-1-5-10-26)25-21(23-17)27-11-13-28(14-12-27)22-24-16-6-2-3-7-18(16)30-22/h2-3,6-7H,1,4-5,8-15H2/t31-/m0/s1. The van der Waals surface area contributed by atoms with Crippen LogP contribution in [0.1, 0.15) is 25.0 Å². The Hall–Kier alpha value is -2.68. The number of aromatic nitrogens is 3. The molecule has 9 heteroatoms. The van der Waals surface area contributed by atoms with Crippen molar-refractivity contribution in [3.63, 3.8) is 0 Å². The minimum atomic E-state index is -0.977. The molecule has 2 saturated heterocycles. The Bertz CT molecular complexity index is 1100. The lowest BCUT2D eigenvalue weighted by Crippen LogP contribution is -2.47. The van der Waals surface area contributed by atoms with Gasteiger partial charge in [-0.05, 0) is 31.4 Å². The Balaban J connectivity index is 1.24. The molecule has 162 valence electrons. The first-order chi connectivity index (χ1) is 15.3. The lowest BCUT2D eigenvalue weighted by atomic mass is 10.1. The van der Waals surface area contributed by atoms with Crippen LogP contribution in [-0.2, 0) is 17.2 Å². The van der Waals surface area contributed by atoms with Gasteiger partial charge in [-0.2, -0.15) is 9.97 Å². The van der Waals surface area contributed by atoms with Crippen molar-refractivity contribution in [3.8, 4) is 0 Å². The van der Waals surface area contributed by atoms with Gasteiger partial charge in [0.15, 0.2) is 11.4 Å². The number of piperidine rings is 1. The molecule has 2 aromatic heterocycles. The van der Waals surface area contributed by atoms with E-state index in [0.717, 1.165) is 79.1 Å². The van der Waals surface area contributed by atoms with Gasteiger partial charge in [-0.25, -0.2) is 4.98 Å². The lowest BCUT2D eigenvalue weighted by molar-refractivity contribution is 0.537. The van der Waals surface area contributed by atoms with Crippen LogP contribution >= 0.6 is 0 Å². The van der Waals surface area contributed by atoms with Crippen LogP contribution < -0.4 is 14.7 Å². The number of rotatable bonds is 3. The zero-order valence-electron chi connectivity index (χ0n) is 17.5. The fourth-order valence-electron chi connectivity index (χ4n) is 4.72. The molecule has 3 aliphatic rings. The second-order valence-electron chi connectivity index (χ2n) is 8.41. The third-order valence-corrected chi connectivity index (χ3v) is 7.88. The van der Waals surface area contributed by atoms with Crippen LogP contribution in [-0.4, -0.2) is 64.2 Å². The molecule has 3 aromatic rings. The summed E-state index contributed by atoms with van der Waals surface area (Å²) in [6, 6.07) is 8.55. The summed E-state index contributed by atoms with van der Waals surface area (Å²) >= 11 is 0. The summed E-state index contributed by atoms with van der Waals surface area (Å²) in [5.74, 6) is 2.35. The summed E-state index contributed by atoms with van der Waals surface area (Å²) in [6.45, 7) is 5.20. The molecule has 0 amide bonds. The first-order valence-electron chi connectivity index (χ1n) is 11.2. The third-order valence-electron chi connectivity index (χ3n) is 6.43. The molecule has 31 heavy (non-hydrogen) atoms. The van der Waals surface area contributed by atoms with E-state index in [1.807, 2.05) is 24.3 Å². The van der Waals surface area contributed by atoms with E-state index in [9.17, 15) is 4.21 Å². The maximum Gasteiger partial charge on any atom is 0.298 e. The molecule has 0 N–H and O–H groups in total. The van der Waals surface area contributed by atoms with Gasteiger partial charge in [-0.15, -0.1) is 0 Å². The van der Waals surface area contributed by atoms with Gasteiger partial charge in [-0.3, -0.25) is 4.21 Å². The summed E-state index contributed by atoms with van der Waals surface area (Å²) in [7, 11) is -0.977. The second kappa shape index (κ2) is 7.78. The van der Waals surface area contributed by atoms with Crippen molar-refractivity contribution < 1.29 is 8.63 Å². The number of fused-ring (bicyclic) bond motifs is 2. The minimum absolute atomic E-state index is 0.666. The third kappa shape index (κ3) is 3.44. The first kappa shape index (κ1) is 19.0. The number of hydrogen-bond donors (Lipinski definition) is 0. The van der Waals surface area contributed by atoms with E-state index in [4.69, 9.17) is 14.4 Å². The quantitative estimate of drug-likeness (QED) is 0.618. The Morgan fingerprint density at radius 1 is 0.839 bits per heavy atom. The van der Waals surface area contributed by atoms with Crippen LogP contribution in [0.25, 0.3) is 11.1 Å². The van der Waals surface area contributed by atoms with E-state index >= 15 is 0 Å². The van der Waals surface area contributed by atoms with E-state index in [-0.39, 0.29) is 0 Å². The monoisotopic (exact) mass is 438 g/mol. The van der Waals surface area contributed by atoms with Gasteiger partial charge in [-0.1, -0.05) is 12.1 Å². The largest absolute Gasteiger partial charge is 0.423 e. The van der Waals surface area contributed by atoms with Crippen molar-refractivity contribution in [3.05, 3.63) is 30.0 Å². The molecule has 0 spiro atoms. The van der Waals surface area contributed by atoms with E-state index < -0.39 is 10.8 Å². The summed E-state index contributed by atoms with van der Waals surface area (Å²) in [4.78, 5) is 22.1. The number of nitrogens with zero attached hydrogens (tertiary/aromatic N) is 6. The average Bonchev–Trinajstić information content (AvgIpc) is 3.43. The van der Waals surface area contributed by atoms with E-state index in [1.165, 1.54) is 19.3 Å². The number of benzene rings is 1. The Kier molecular flexibility index (Phi) is 4.78. The van der Waals surface area contributed by atoms with Gasteiger partial charge in [0.1, 0.15) is 10.4 Å². The predicted molar refractivity (Wildman–Crippen MR) is 122 cm³/mol. The number of anilines is 3. The zero-order chi connectivity index (χ0) is 20.8. The maximum atomic E-state index is 12.7. The van der Waals surface area contributed by atoms with Gasteiger partial charge in [0.2, 0.25) is 5.95 Å². The molecular weight excluding hydrogens is 412 g/mol. The number of aryl methyl sites for hydroxylation is 1. The first-order valence-corrected chi connectivity index (χ1v) is 12.5. The molecule has 6 rings (SSSR count). The molecule has 0 aliphatic carbocycles. The fourth-order valence-corrected chi connectivity index (χ4v) is 6.09. The van der Waals surface area contributed by atoms with Gasteiger partial charge in [0, 0.05) is 51.4 Å². The van der Waals surface area contributed by atoms with Crippen molar-refractivity contribution in [2.45, 2.75) is 30.6 Å². The smallest absolute Gasteiger partial charge is 0.298 e. The van der Waals surface area contributed by atoms with Crippen LogP contribution in [0.2, 0.25) is 0 Å². The number of hydrogen-bond acceptors (Lipinski definition) is 8. The number of piperazine rings is 1. The molecule has 5 heterocycles. The highest BCUT2D eigenvalue weighted by molar-refractivity contribution is 7.85. The molecule has 0 radical (unpaired) electrons. The molecule has 3 aliphatic heterocycles. The highest BCUT2D eigenvalue weighted by Crippen LogP contribution is 2.34. The molecule has 1 atom stereocenters. The van der Waals surface area contributed by atoms with Crippen molar-refractivity contribution in [1.29, 1.82) is 0 Å². The average molecular weight is 439 g/mol. The molecular formula is C22H26N6O2S. The van der Waals surface area contributed by atoms with Crippen molar-refractivity contribution in [1.82, 2.24) is 15.0 Å². The second-order valence-corrected chi connectivity index (χ2v) is 9.92. The summed E-state index contributed by atoms with van der Waals surface area (Å²) in [6.07, 6.45) is 4.38. The molecule has 0 bridgehead atoms. The SMILES string of the molecule is O=[S@]1CCc2nc(N3CCN(c4nc5ccccc5o4)CC3)nc(N3CCCCC3)c21. The van der Waals surface area contributed by atoms with E-state index in [2.05, 4.69) is 19.7 Å². The van der Waals surface area contributed by atoms with E-state index in [0.29, 0.717) is 11.8 Å². The topological polar surface area (TPSA) is 78.6 Å². The predicted octanol–water partition coefficient (Wildman–Crippen LogP) is 2.60. The van der Waals surface area contributed by atoms with Crippen molar-refractivity contribution in [2.75, 3.05) is 59.7 Å². The van der Waals surface area contributed by atoms with Gasteiger partial charge < -0.3 is 19.1 Å². The minimum Gasteiger partial charge on any atom is -0.423 e. The zero-order valence-corrected chi connectivity index (χ0v) is 18.3. The normalized spacial score (nSPS) is 21.7. The van der Waals surface area contributed by atoms with Crippen LogP contribution in [0, 0.1) is 0 Å². The van der Waals surface area contributed by atoms with E-state index in [1.54, 1.807) is 0 Å². The summed E-state index contributed by atoms with van der Waals surface area (Å²) in [5.41, 5.74) is 2.69. The fraction of sp³-hybridized carbons (Fsp3) is 0.500. The van der Waals surface area contributed by atoms with Crippen LogP contribution in [0.4, 0.5) is 17.8 Å². The molecule has 0 unspecified atom stereocenters. The lowest BCUT2D eigenvalue weighted by Gasteiger charge is -2.35. The van der Waals surface area contributed by atoms with Crippen molar-refractivity contribution >= 4 is 39.7 Å². The highest BCUT2D eigenvalue weighted by atomic mass is 32.2. The number of para-hydroxylation sites is 2. The Labute approximate surface area is 183 Å². The van der Waals surface area contributed by atoms with Crippen molar-refractivity contribution in [2.24, 2.45) is 0 Å². The molecule has 8 nitrogen and oxygen atoms in total. The molecule has 0 saturated carbocycles. The maximum absolute atomic E-state index is 12.7. The molecule has 1 aromatic carbocycles. The number of oxazole rings is 1. The van der Waals surface area contributed by atoms with Crippen LogP contribution in [0.15, 0.2) is 33.6 Å². The van der Waals surface area contributed by atoms with Crippen LogP contribution in [0.5, 0.6) is 0 Å². The van der Waals surface area contributed by atoms with Gasteiger partial charge in [0.05, 0.1) is 16.5 Å². The van der Waals surface area contributed by atoms with Crippen LogP contribution in [0.3, 0.4) is 0 Å². The Morgan fingerprint density at radius 3 is 2.42 bits per heavy atom. The van der Waals surface area contributed by atoms with Gasteiger partial charge in [0.25, 0.3) is 6.01 Å². The highest BCUT2D eigenvalue weighted by Gasteiger charge is 2.31.